The van der Waals surface area contributed by atoms with E-state index < -0.39 is 5.91 Å². The molecule has 1 saturated carbocycles. The third kappa shape index (κ3) is 2.02. The van der Waals surface area contributed by atoms with Crippen LogP contribution < -0.4 is 11.3 Å². The van der Waals surface area contributed by atoms with Crippen LogP contribution in [0.5, 0.6) is 5.75 Å². The monoisotopic (exact) mass is 220 g/mol. The van der Waals surface area contributed by atoms with E-state index in [2.05, 4.69) is 0 Å². The van der Waals surface area contributed by atoms with E-state index in [9.17, 15) is 9.90 Å². The van der Waals surface area contributed by atoms with E-state index in [1.165, 1.54) is 12.8 Å². The normalized spacial score (nSPS) is 16.3. The Hall–Kier alpha value is -1.55. The van der Waals surface area contributed by atoms with E-state index in [4.69, 9.17) is 5.84 Å². The van der Waals surface area contributed by atoms with Crippen LogP contribution in [0.2, 0.25) is 0 Å². The molecule has 4 nitrogen and oxygen atoms in total. The minimum absolute atomic E-state index is 0.0234. The van der Waals surface area contributed by atoms with Crippen LogP contribution in [0.4, 0.5) is 0 Å². The van der Waals surface area contributed by atoms with Gasteiger partial charge >= 0.3 is 0 Å². The van der Waals surface area contributed by atoms with Crippen molar-refractivity contribution < 1.29 is 9.90 Å². The molecule has 2 rings (SSSR count). The molecule has 0 bridgehead atoms. The lowest BCUT2D eigenvalue weighted by atomic mass is 9.95. The maximum atomic E-state index is 11.4. The number of nitrogens with one attached hydrogen (secondary N) is 1. The molecule has 0 saturated heterocycles. The number of hydrogen-bond donors (Lipinski definition) is 3. The van der Waals surface area contributed by atoms with Crippen LogP contribution in [0.1, 0.15) is 47.5 Å². The van der Waals surface area contributed by atoms with Crippen LogP contribution in [0.15, 0.2) is 18.2 Å². The molecule has 86 valence electrons. The van der Waals surface area contributed by atoms with Gasteiger partial charge in [-0.3, -0.25) is 10.2 Å². The fourth-order valence-corrected chi connectivity index (χ4v) is 2.33. The van der Waals surface area contributed by atoms with Crippen LogP contribution in [0.25, 0.3) is 0 Å². The minimum atomic E-state index is -0.447. The van der Waals surface area contributed by atoms with Crippen molar-refractivity contribution >= 4 is 5.91 Å². The lowest BCUT2D eigenvalue weighted by Crippen LogP contribution is -2.30. The molecule has 0 radical (unpaired) electrons. The summed E-state index contributed by atoms with van der Waals surface area (Å²) in [5.41, 5.74) is 3.42. The number of benzene rings is 1. The van der Waals surface area contributed by atoms with Crippen molar-refractivity contribution in [1.29, 1.82) is 0 Å². The third-order valence-corrected chi connectivity index (χ3v) is 3.22. The summed E-state index contributed by atoms with van der Waals surface area (Å²) in [7, 11) is 0. The molecular weight excluding hydrogens is 204 g/mol. The topological polar surface area (TPSA) is 75.3 Å². The van der Waals surface area contributed by atoms with E-state index >= 15 is 0 Å². The fourth-order valence-electron chi connectivity index (χ4n) is 2.33. The number of rotatable bonds is 2. The van der Waals surface area contributed by atoms with E-state index in [0.29, 0.717) is 5.92 Å². The molecule has 1 aliphatic carbocycles. The van der Waals surface area contributed by atoms with Crippen molar-refractivity contribution in [3.8, 4) is 5.75 Å². The zero-order chi connectivity index (χ0) is 11.5. The number of hydrogen-bond acceptors (Lipinski definition) is 3. The van der Waals surface area contributed by atoms with Gasteiger partial charge in [0.15, 0.2) is 0 Å². The van der Waals surface area contributed by atoms with Gasteiger partial charge in [-0.1, -0.05) is 18.9 Å². The summed E-state index contributed by atoms with van der Waals surface area (Å²) < 4.78 is 0. The zero-order valence-electron chi connectivity index (χ0n) is 9.07. The van der Waals surface area contributed by atoms with E-state index in [0.717, 1.165) is 18.4 Å². The van der Waals surface area contributed by atoms with Crippen molar-refractivity contribution in [2.24, 2.45) is 5.84 Å². The number of carbonyl (C=O) groups is 1. The maximum absolute atomic E-state index is 11.4. The van der Waals surface area contributed by atoms with Crippen LogP contribution in [-0.4, -0.2) is 11.0 Å². The number of nitrogens with two attached hydrogens (primary N) is 1. The van der Waals surface area contributed by atoms with Gasteiger partial charge in [-0.25, -0.2) is 5.84 Å². The summed E-state index contributed by atoms with van der Waals surface area (Å²) >= 11 is 0. The highest BCUT2D eigenvalue weighted by atomic mass is 16.3. The Morgan fingerprint density at radius 3 is 2.69 bits per heavy atom. The van der Waals surface area contributed by atoms with Crippen molar-refractivity contribution in [2.75, 3.05) is 0 Å². The first kappa shape index (κ1) is 11.0. The fraction of sp³-hybridized carbons (Fsp3) is 0.417. The molecule has 16 heavy (non-hydrogen) atoms. The van der Waals surface area contributed by atoms with Gasteiger partial charge in [0.05, 0.1) is 5.56 Å². The first-order valence-corrected chi connectivity index (χ1v) is 5.56. The molecule has 0 aliphatic heterocycles. The van der Waals surface area contributed by atoms with Gasteiger partial charge in [0.2, 0.25) is 0 Å². The number of amides is 1. The molecule has 1 aromatic carbocycles. The van der Waals surface area contributed by atoms with Crippen molar-refractivity contribution in [3.05, 3.63) is 29.3 Å². The Balaban J connectivity index is 2.30. The Bertz CT molecular complexity index is 398. The van der Waals surface area contributed by atoms with Crippen LogP contribution in [0, 0.1) is 0 Å². The van der Waals surface area contributed by atoms with Gasteiger partial charge in [0, 0.05) is 0 Å². The van der Waals surface area contributed by atoms with E-state index in [-0.39, 0.29) is 11.3 Å². The van der Waals surface area contributed by atoms with Crippen LogP contribution in [-0.2, 0) is 0 Å². The van der Waals surface area contributed by atoms with Gasteiger partial charge in [0.25, 0.3) is 5.91 Å². The predicted molar refractivity (Wildman–Crippen MR) is 61.0 cm³/mol. The Morgan fingerprint density at radius 1 is 1.38 bits per heavy atom. The molecule has 0 heterocycles. The highest BCUT2D eigenvalue weighted by Crippen LogP contribution is 2.35. The number of hydrazine groups is 1. The molecule has 4 N–H and O–H groups in total. The quantitative estimate of drug-likeness (QED) is 0.403. The first-order valence-electron chi connectivity index (χ1n) is 5.56. The summed E-state index contributed by atoms with van der Waals surface area (Å²) in [4.78, 5) is 11.4. The smallest absolute Gasteiger partial charge is 0.268 e. The van der Waals surface area contributed by atoms with Crippen molar-refractivity contribution in [1.82, 2.24) is 5.43 Å². The third-order valence-electron chi connectivity index (χ3n) is 3.22. The standard InChI is InChI=1S/C12H16N2O2/c13-14-12(16)10-7-9(5-6-11(10)15)8-3-1-2-4-8/h5-8,15H,1-4,13H2,(H,14,16). The highest BCUT2D eigenvalue weighted by molar-refractivity contribution is 5.96. The predicted octanol–water partition coefficient (Wildman–Crippen LogP) is 1.65. The zero-order valence-corrected chi connectivity index (χ0v) is 9.07. The molecule has 0 aromatic heterocycles. The van der Waals surface area contributed by atoms with Crippen molar-refractivity contribution in [2.45, 2.75) is 31.6 Å². The summed E-state index contributed by atoms with van der Waals surface area (Å²) in [6.07, 6.45) is 4.80. The number of phenols is 1. The minimum Gasteiger partial charge on any atom is -0.507 e. The molecule has 1 aromatic rings. The average Bonchev–Trinajstić information content (AvgIpc) is 2.82. The number of aromatic hydroxyl groups is 1. The number of nitrogen functional groups attached to an aromatic ring is 1. The molecule has 0 spiro atoms. The molecule has 0 atom stereocenters. The van der Waals surface area contributed by atoms with Gasteiger partial charge in [-0.05, 0) is 36.5 Å². The summed E-state index contributed by atoms with van der Waals surface area (Å²) in [6.45, 7) is 0. The van der Waals surface area contributed by atoms with E-state index in [1.807, 2.05) is 11.5 Å². The summed E-state index contributed by atoms with van der Waals surface area (Å²) in [5.74, 6) is 5.11. The average molecular weight is 220 g/mol. The summed E-state index contributed by atoms with van der Waals surface area (Å²) in [6, 6.07) is 5.20. The van der Waals surface area contributed by atoms with Crippen molar-refractivity contribution in [3.63, 3.8) is 0 Å². The highest BCUT2D eigenvalue weighted by Gasteiger charge is 2.19. The number of carbonyl (C=O) groups excluding carboxylic acids is 1. The molecular formula is C12H16N2O2. The first-order chi connectivity index (χ1) is 7.72. The number of phenolic OH excluding ortho intramolecular Hbond substituents is 1. The Morgan fingerprint density at radius 2 is 2.06 bits per heavy atom. The largest absolute Gasteiger partial charge is 0.507 e. The van der Waals surface area contributed by atoms with Crippen LogP contribution in [0.3, 0.4) is 0 Å². The molecule has 4 heteroatoms. The Kier molecular flexibility index (Phi) is 3.10. The maximum Gasteiger partial charge on any atom is 0.268 e. The second-order valence-electron chi connectivity index (χ2n) is 4.23. The van der Waals surface area contributed by atoms with Crippen LogP contribution >= 0.6 is 0 Å². The van der Waals surface area contributed by atoms with Gasteiger partial charge < -0.3 is 5.11 Å². The summed E-state index contributed by atoms with van der Waals surface area (Å²) in [5, 5.41) is 9.56. The molecule has 1 aliphatic rings. The Labute approximate surface area is 94.4 Å². The molecule has 1 amide bonds. The molecule has 1 fully saturated rings. The van der Waals surface area contributed by atoms with Gasteiger partial charge in [-0.15, -0.1) is 0 Å². The van der Waals surface area contributed by atoms with Gasteiger partial charge in [-0.2, -0.15) is 0 Å². The molecule has 0 unspecified atom stereocenters. The second kappa shape index (κ2) is 4.53. The SMILES string of the molecule is NNC(=O)c1cc(C2CCCC2)ccc1O. The lowest BCUT2D eigenvalue weighted by Gasteiger charge is -2.11. The van der Waals surface area contributed by atoms with E-state index in [1.54, 1.807) is 12.1 Å². The van der Waals surface area contributed by atoms with Gasteiger partial charge in [0.1, 0.15) is 5.75 Å². The lowest BCUT2D eigenvalue weighted by molar-refractivity contribution is 0.0951. The second-order valence-corrected chi connectivity index (χ2v) is 4.23.